The molecule has 9 heteroatoms. The van der Waals surface area contributed by atoms with Crippen molar-refractivity contribution < 1.29 is 17.6 Å². The molecule has 0 unspecified atom stereocenters. The molecule has 0 atom stereocenters. The van der Waals surface area contributed by atoms with Crippen LogP contribution in [0, 0.1) is 5.82 Å². The quantitative estimate of drug-likeness (QED) is 0.765. The number of anilines is 2. The van der Waals surface area contributed by atoms with E-state index in [1.54, 1.807) is 18.2 Å². The number of nitrogens with zero attached hydrogens (tertiary/aromatic N) is 2. The second-order valence-electron chi connectivity index (χ2n) is 7.12. The lowest BCUT2D eigenvalue weighted by atomic mass is 10.2. The number of carbonyl (C=O) groups excluding carboxylic acids is 1. The maximum absolute atomic E-state index is 14.4. The Morgan fingerprint density at radius 1 is 1.10 bits per heavy atom. The third kappa shape index (κ3) is 4.71. The molecule has 2 aromatic rings. The third-order valence-electron chi connectivity index (χ3n) is 4.81. The maximum atomic E-state index is 14.4. The smallest absolute Gasteiger partial charge is 0.255 e. The minimum Gasteiger partial charge on any atom is -0.376 e. The van der Waals surface area contributed by atoms with Crippen molar-refractivity contribution in [2.45, 2.75) is 24.2 Å². The van der Waals surface area contributed by atoms with E-state index in [1.165, 1.54) is 10.4 Å². The minimum absolute atomic E-state index is 0.0478. The second kappa shape index (κ2) is 8.69. The molecule has 1 N–H and O–H groups in total. The predicted octanol–water partition coefficient (Wildman–Crippen LogP) is 3.97. The van der Waals surface area contributed by atoms with Crippen LogP contribution in [0.4, 0.5) is 15.8 Å². The first-order chi connectivity index (χ1) is 13.7. The fourth-order valence-corrected chi connectivity index (χ4v) is 5.06. The molecule has 0 aromatic heterocycles. The summed E-state index contributed by atoms with van der Waals surface area (Å²) in [6.45, 7) is 0.708. The zero-order valence-corrected chi connectivity index (χ0v) is 17.9. The lowest BCUT2D eigenvalue weighted by Crippen LogP contribution is -2.36. The molecule has 1 aliphatic rings. The first-order valence-corrected chi connectivity index (χ1v) is 11.1. The van der Waals surface area contributed by atoms with Crippen molar-refractivity contribution in [1.82, 2.24) is 4.31 Å². The zero-order chi connectivity index (χ0) is 21.2. The first-order valence-electron chi connectivity index (χ1n) is 9.28. The Labute approximate surface area is 175 Å². The van der Waals surface area contributed by atoms with Gasteiger partial charge in [-0.3, -0.25) is 4.79 Å². The highest BCUT2D eigenvalue weighted by atomic mass is 35.5. The Balaban J connectivity index is 1.92. The molecule has 1 aliphatic heterocycles. The van der Waals surface area contributed by atoms with Crippen LogP contribution < -0.4 is 10.2 Å². The van der Waals surface area contributed by atoms with E-state index in [-0.39, 0.29) is 5.56 Å². The van der Waals surface area contributed by atoms with Gasteiger partial charge < -0.3 is 10.2 Å². The van der Waals surface area contributed by atoms with Crippen LogP contribution in [-0.4, -0.2) is 45.8 Å². The number of piperidine rings is 1. The standard InChI is InChI=1S/C20H23ClFN3O3S/c1-24(2)18-9-7-15(21)13-17(18)23-20(26)14-6-8-16(22)19(12-14)29(27,28)25-10-4-3-5-11-25/h6-9,12-13H,3-5,10-11H2,1-2H3,(H,23,26). The third-order valence-corrected chi connectivity index (χ3v) is 6.96. The highest BCUT2D eigenvalue weighted by molar-refractivity contribution is 7.89. The fraction of sp³-hybridized carbons (Fsp3) is 0.350. The van der Waals surface area contributed by atoms with E-state index >= 15 is 0 Å². The highest BCUT2D eigenvalue weighted by Crippen LogP contribution is 2.29. The summed E-state index contributed by atoms with van der Waals surface area (Å²) in [5.74, 6) is -1.42. The summed E-state index contributed by atoms with van der Waals surface area (Å²) in [5, 5.41) is 3.17. The van der Waals surface area contributed by atoms with Crippen molar-refractivity contribution in [2.24, 2.45) is 0 Å². The van der Waals surface area contributed by atoms with Gasteiger partial charge in [0.1, 0.15) is 10.7 Å². The van der Waals surface area contributed by atoms with Gasteiger partial charge in [0.15, 0.2) is 0 Å². The minimum atomic E-state index is -4.00. The van der Waals surface area contributed by atoms with E-state index in [0.29, 0.717) is 23.8 Å². The van der Waals surface area contributed by atoms with Gasteiger partial charge >= 0.3 is 0 Å². The van der Waals surface area contributed by atoms with Gasteiger partial charge in [0, 0.05) is 37.8 Å². The van der Waals surface area contributed by atoms with Gasteiger partial charge in [0.05, 0.1) is 11.4 Å². The molecule has 3 rings (SSSR count). The van der Waals surface area contributed by atoms with Crippen molar-refractivity contribution in [1.29, 1.82) is 0 Å². The summed E-state index contributed by atoms with van der Waals surface area (Å²) in [5.41, 5.74) is 1.25. The summed E-state index contributed by atoms with van der Waals surface area (Å²) in [6.07, 6.45) is 2.43. The lowest BCUT2D eigenvalue weighted by Gasteiger charge is -2.26. The number of hydrogen-bond acceptors (Lipinski definition) is 4. The van der Waals surface area contributed by atoms with E-state index in [4.69, 9.17) is 11.6 Å². The number of amides is 1. The van der Waals surface area contributed by atoms with Crippen LogP contribution in [0.3, 0.4) is 0 Å². The molecule has 0 radical (unpaired) electrons. The van der Waals surface area contributed by atoms with Crippen molar-refractivity contribution in [3.05, 3.63) is 52.8 Å². The average molecular weight is 440 g/mol. The summed E-state index contributed by atoms with van der Waals surface area (Å²) >= 11 is 6.04. The Hall–Kier alpha value is -2.16. The van der Waals surface area contributed by atoms with Gasteiger partial charge in [-0.15, -0.1) is 0 Å². The predicted molar refractivity (Wildman–Crippen MR) is 113 cm³/mol. The number of hydrogen-bond donors (Lipinski definition) is 1. The lowest BCUT2D eigenvalue weighted by molar-refractivity contribution is 0.102. The van der Waals surface area contributed by atoms with Crippen molar-refractivity contribution in [2.75, 3.05) is 37.4 Å². The molecule has 1 saturated heterocycles. The number of sulfonamides is 1. The molecule has 6 nitrogen and oxygen atoms in total. The Morgan fingerprint density at radius 2 is 1.79 bits per heavy atom. The largest absolute Gasteiger partial charge is 0.376 e. The van der Waals surface area contributed by atoms with Crippen molar-refractivity contribution in [3.8, 4) is 0 Å². The van der Waals surface area contributed by atoms with Gasteiger partial charge in [-0.25, -0.2) is 12.8 Å². The maximum Gasteiger partial charge on any atom is 0.255 e. The molecule has 1 heterocycles. The van der Waals surface area contributed by atoms with Crippen molar-refractivity contribution in [3.63, 3.8) is 0 Å². The topological polar surface area (TPSA) is 69.7 Å². The van der Waals surface area contributed by atoms with Crippen LogP contribution >= 0.6 is 11.6 Å². The molecule has 0 aliphatic carbocycles. The normalized spacial score (nSPS) is 15.2. The van der Waals surface area contributed by atoms with E-state index in [0.717, 1.165) is 37.1 Å². The zero-order valence-electron chi connectivity index (χ0n) is 16.3. The van der Waals surface area contributed by atoms with Crippen LogP contribution in [0.15, 0.2) is 41.3 Å². The summed E-state index contributed by atoms with van der Waals surface area (Å²) in [6, 6.07) is 8.43. The molecule has 29 heavy (non-hydrogen) atoms. The average Bonchev–Trinajstić information content (AvgIpc) is 2.68. The molecule has 1 fully saturated rings. The first kappa shape index (κ1) is 21.5. The van der Waals surface area contributed by atoms with E-state index in [9.17, 15) is 17.6 Å². The summed E-state index contributed by atoms with van der Waals surface area (Å²) in [7, 11) is -0.362. The molecule has 156 valence electrons. The Morgan fingerprint density at radius 3 is 2.45 bits per heavy atom. The highest BCUT2D eigenvalue weighted by Gasteiger charge is 2.29. The summed E-state index contributed by atoms with van der Waals surface area (Å²) < 4.78 is 41.4. The molecule has 0 spiro atoms. The SMILES string of the molecule is CN(C)c1ccc(Cl)cc1NC(=O)c1ccc(F)c(S(=O)(=O)N2CCCCC2)c1. The van der Waals surface area contributed by atoms with E-state index in [2.05, 4.69) is 5.32 Å². The number of benzene rings is 2. The molecule has 0 bridgehead atoms. The molecular formula is C20H23ClFN3O3S. The second-order valence-corrected chi connectivity index (χ2v) is 9.46. The number of nitrogens with one attached hydrogen (secondary N) is 1. The van der Waals surface area contributed by atoms with Crippen molar-refractivity contribution >= 4 is 38.9 Å². The number of halogens is 2. The summed E-state index contributed by atoms with van der Waals surface area (Å²) in [4.78, 5) is 14.1. The molecule has 0 saturated carbocycles. The van der Waals surface area contributed by atoms with E-state index in [1.807, 2.05) is 19.0 Å². The molecular weight excluding hydrogens is 417 g/mol. The van der Waals surface area contributed by atoms with Gasteiger partial charge in [0.25, 0.3) is 5.91 Å². The van der Waals surface area contributed by atoms with Crippen LogP contribution in [0.25, 0.3) is 0 Å². The Bertz CT molecular complexity index is 1020. The van der Waals surface area contributed by atoms with Crippen LogP contribution in [0.2, 0.25) is 5.02 Å². The molecule has 2 aromatic carbocycles. The van der Waals surface area contributed by atoms with Crippen LogP contribution in [0.5, 0.6) is 0 Å². The number of carbonyl (C=O) groups is 1. The van der Waals surface area contributed by atoms with E-state index < -0.39 is 26.6 Å². The van der Waals surface area contributed by atoms with Gasteiger partial charge in [-0.2, -0.15) is 4.31 Å². The van der Waals surface area contributed by atoms with Gasteiger partial charge in [-0.1, -0.05) is 18.0 Å². The van der Waals surface area contributed by atoms with Crippen LogP contribution in [0.1, 0.15) is 29.6 Å². The number of rotatable bonds is 5. The monoisotopic (exact) mass is 439 g/mol. The van der Waals surface area contributed by atoms with Gasteiger partial charge in [0.2, 0.25) is 10.0 Å². The fourth-order valence-electron chi connectivity index (χ4n) is 3.28. The van der Waals surface area contributed by atoms with Crippen LogP contribution in [-0.2, 0) is 10.0 Å². The Kier molecular flexibility index (Phi) is 6.45. The molecule has 1 amide bonds. The van der Waals surface area contributed by atoms with Gasteiger partial charge in [-0.05, 0) is 49.2 Å².